The van der Waals surface area contributed by atoms with Gasteiger partial charge in [0.2, 0.25) is 5.91 Å². The topological polar surface area (TPSA) is 72.2 Å². The molecule has 2 amide bonds. The Balaban J connectivity index is 1.77. The van der Waals surface area contributed by atoms with Crippen molar-refractivity contribution in [3.8, 4) is 5.75 Å². The van der Waals surface area contributed by atoms with Crippen LogP contribution in [0.1, 0.15) is 49.2 Å². The van der Waals surface area contributed by atoms with Crippen LogP contribution < -0.4 is 4.74 Å². The molecule has 1 aromatic heterocycles. The standard InChI is InChI=1S/C24H32N2O5/c1-4-18(2)26(24(28)19-8-5-9-20(14-19)29-3)17-23(27)25(15-21-10-6-12-30-21)16-22-11-7-13-31-22/h5-6,8-10,12,14,18,22H,4,7,11,13,15-17H2,1-3H3/t18-,22+/m1/s1. The lowest BCUT2D eigenvalue weighted by molar-refractivity contribution is -0.134. The van der Waals surface area contributed by atoms with Crippen LogP contribution in [0.15, 0.2) is 47.1 Å². The summed E-state index contributed by atoms with van der Waals surface area (Å²) in [4.78, 5) is 30.0. The van der Waals surface area contributed by atoms with Gasteiger partial charge in [-0.25, -0.2) is 0 Å². The predicted octanol–water partition coefficient (Wildman–Crippen LogP) is 3.74. The summed E-state index contributed by atoms with van der Waals surface area (Å²) in [5.74, 6) is 1.01. The summed E-state index contributed by atoms with van der Waals surface area (Å²) in [6.07, 6.45) is 4.29. The van der Waals surface area contributed by atoms with Gasteiger partial charge in [-0.05, 0) is 56.5 Å². The SMILES string of the molecule is CC[C@@H](C)N(CC(=O)N(Cc1ccco1)C[C@@H]1CCCO1)C(=O)c1cccc(OC)c1. The minimum atomic E-state index is -0.184. The fourth-order valence-corrected chi connectivity index (χ4v) is 3.70. The van der Waals surface area contributed by atoms with E-state index in [1.54, 1.807) is 47.4 Å². The van der Waals surface area contributed by atoms with Gasteiger partial charge in [0.25, 0.3) is 5.91 Å². The zero-order valence-electron chi connectivity index (χ0n) is 18.6. The highest BCUT2D eigenvalue weighted by Crippen LogP contribution is 2.19. The molecule has 0 bridgehead atoms. The number of hydrogen-bond acceptors (Lipinski definition) is 5. The van der Waals surface area contributed by atoms with Crippen LogP contribution in [-0.2, 0) is 16.1 Å². The van der Waals surface area contributed by atoms with Gasteiger partial charge in [0.1, 0.15) is 18.1 Å². The van der Waals surface area contributed by atoms with Gasteiger partial charge in [-0.3, -0.25) is 9.59 Å². The van der Waals surface area contributed by atoms with Crippen molar-refractivity contribution in [2.75, 3.05) is 26.8 Å². The largest absolute Gasteiger partial charge is 0.497 e. The Morgan fingerprint density at radius 1 is 1.26 bits per heavy atom. The van der Waals surface area contributed by atoms with Crippen molar-refractivity contribution < 1.29 is 23.5 Å². The lowest BCUT2D eigenvalue weighted by Gasteiger charge is -2.32. The zero-order chi connectivity index (χ0) is 22.2. The number of furan rings is 1. The van der Waals surface area contributed by atoms with Gasteiger partial charge in [0.15, 0.2) is 0 Å². The first-order chi connectivity index (χ1) is 15.0. The molecule has 7 heteroatoms. The molecule has 0 N–H and O–H groups in total. The molecule has 1 saturated heterocycles. The van der Waals surface area contributed by atoms with Gasteiger partial charge in [-0.2, -0.15) is 0 Å². The van der Waals surface area contributed by atoms with Crippen molar-refractivity contribution >= 4 is 11.8 Å². The first-order valence-electron chi connectivity index (χ1n) is 10.9. The molecule has 0 aliphatic carbocycles. The van der Waals surface area contributed by atoms with Crippen molar-refractivity contribution in [3.05, 3.63) is 54.0 Å². The molecular weight excluding hydrogens is 396 g/mol. The summed E-state index contributed by atoms with van der Waals surface area (Å²) in [6.45, 7) is 5.53. The minimum Gasteiger partial charge on any atom is -0.497 e. The Bertz CT molecular complexity index is 845. The van der Waals surface area contributed by atoms with E-state index in [0.717, 1.165) is 25.9 Å². The quantitative estimate of drug-likeness (QED) is 0.577. The minimum absolute atomic E-state index is 0.00151. The van der Waals surface area contributed by atoms with E-state index in [9.17, 15) is 9.59 Å². The summed E-state index contributed by atoms with van der Waals surface area (Å²) in [5, 5.41) is 0. The van der Waals surface area contributed by atoms with Crippen molar-refractivity contribution in [2.24, 2.45) is 0 Å². The highest BCUT2D eigenvalue weighted by Gasteiger charge is 2.28. The van der Waals surface area contributed by atoms with E-state index < -0.39 is 0 Å². The number of ether oxygens (including phenoxy) is 2. The maximum absolute atomic E-state index is 13.4. The van der Waals surface area contributed by atoms with Crippen LogP contribution in [-0.4, -0.2) is 60.6 Å². The Kier molecular flexibility index (Phi) is 8.12. The normalized spacial score (nSPS) is 16.7. The highest BCUT2D eigenvalue weighted by molar-refractivity contribution is 5.97. The third-order valence-corrected chi connectivity index (χ3v) is 5.73. The fourth-order valence-electron chi connectivity index (χ4n) is 3.70. The Hall–Kier alpha value is -2.80. The van der Waals surface area contributed by atoms with E-state index in [4.69, 9.17) is 13.9 Å². The number of carbonyl (C=O) groups is 2. The van der Waals surface area contributed by atoms with Crippen molar-refractivity contribution in [3.63, 3.8) is 0 Å². The summed E-state index contributed by atoms with van der Waals surface area (Å²) in [5.41, 5.74) is 0.504. The molecule has 2 heterocycles. The number of rotatable bonds is 10. The molecule has 1 aromatic carbocycles. The Labute approximate surface area is 183 Å². The van der Waals surface area contributed by atoms with Crippen LogP contribution >= 0.6 is 0 Å². The van der Waals surface area contributed by atoms with Crippen molar-refractivity contribution in [2.45, 2.75) is 51.8 Å². The van der Waals surface area contributed by atoms with E-state index in [1.165, 1.54) is 0 Å². The monoisotopic (exact) mass is 428 g/mol. The molecule has 0 unspecified atom stereocenters. The summed E-state index contributed by atoms with van der Waals surface area (Å²) in [6, 6.07) is 10.6. The summed E-state index contributed by atoms with van der Waals surface area (Å²) < 4.78 is 16.5. The average Bonchev–Trinajstić information content (AvgIpc) is 3.50. The summed E-state index contributed by atoms with van der Waals surface area (Å²) in [7, 11) is 1.57. The second-order valence-electron chi connectivity index (χ2n) is 7.91. The molecular formula is C24H32N2O5. The van der Waals surface area contributed by atoms with Crippen LogP contribution in [0.25, 0.3) is 0 Å². The molecule has 7 nitrogen and oxygen atoms in total. The van der Waals surface area contributed by atoms with Gasteiger partial charge in [-0.1, -0.05) is 13.0 Å². The van der Waals surface area contributed by atoms with E-state index in [2.05, 4.69) is 0 Å². The molecule has 2 atom stereocenters. The Morgan fingerprint density at radius 2 is 2.10 bits per heavy atom. The van der Waals surface area contributed by atoms with E-state index >= 15 is 0 Å². The number of hydrogen-bond donors (Lipinski definition) is 0. The van der Waals surface area contributed by atoms with Crippen LogP contribution in [0, 0.1) is 0 Å². The van der Waals surface area contributed by atoms with E-state index in [1.807, 2.05) is 26.0 Å². The molecule has 0 saturated carbocycles. The van der Waals surface area contributed by atoms with Gasteiger partial charge in [-0.15, -0.1) is 0 Å². The average molecular weight is 429 g/mol. The maximum atomic E-state index is 13.4. The number of amides is 2. The zero-order valence-corrected chi connectivity index (χ0v) is 18.6. The van der Waals surface area contributed by atoms with Gasteiger partial charge in [0, 0.05) is 24.8 Å². The fraction of sp³-hybridized carbons (Fsp3) is 0.500. The number of benzene rings is 1. The second kappa shape index (κ2) is 11.0. The predicted molar refractivity (Wildman–Crippen MR) is 117 cm³/mol. The van der Waals surface area contributed by atoms with E-state index in [-0.39, 0.29) is 30.5 Å². The van der Waals surface area contributed by atoms with E-state index in [0.29, 0.717) is 30.2 Å². The molecule has 1 aliphatic rings. The third-order valence-electron chi connectivity index (χ3n) is 5.73. The molecule has 1 aliphatic heterocycles. The van der Waals surface area contributed by atoms with Crippen molar-refractivity contribution in [1.29, 1.82) is 0 Å². The van der Waals surface area contributed by atoms with Crippen LogP contribution in [0.4, 0.5) is 0 Å². The lowest BCUT2D eigenvalue weighted by atomic mass is 10.1. The highest BCUT2D eigenvalue weighted by atomic mass is 16.5. The van der Waals surface area contributed by atoms with Gasteiger partial charge < -0.3 is 23.7 Å². The molecule has 2 aromatic rings. The molecule has 0 spiro atoms. The summed E-state index contributed by atoms with van der Waals surface area (Å²) >= 11 is 0. The molecule has 3 rings (SSSR count). The molecule has 31 heavy (non-hydrogen) atoms. The number of methoxy groups -OCH3 is 1. The maximum Gasteiger partial charge on any atom is 0.254 e. The van der Waals surface area contributed by atoms with Crippen LogP contribution in [0.5, 0.6) is 5.75 Å². The van der Waals surface area contributed by atoms with Crippen molar-refractivity contribution in [1.82, 2.24) is 9.80 Å². The van der Waals surface area contributed by atoms with Crippen LogP contribution in [0.2, 0.25) is 0 Å². The molecule has 0 radical (unpaired) electrons. The number of nitrogens with zero attached hydrogens (tertiary/aromatic N) is 2. The Morgan fingerprint density at radius 3 is 2.74 bits per heavy atom. The number of carbonyl (C=O) groups excluding carboxylic acids is 2. The van der Waals surface area contributed by atoms with Gasteiger partial charge in [0.05, 0.1) is 26.0 Å². The van der Waals surface area contributed by atoms with Gasteiger partial charge >= 0.3 is 0 Å². The third kappa shape index (κ3) is 6.10. The molecule has 1 fully saturated rings. The first kappa shape index (κ1) is 22.9. The lowest BCUT2D eigenvalue weighted by Crippen LogP contribution is -2.47. The smallest absolute Gasteiger partial charge is 0.254 e. The second-order valence-corrected chi connectivity index (χ2v) is 7.91. The van der Waals surface area contributed by atoms with Crippen LogP contribution in [0.3, 0.4) is 0 Å². The molecule has 168 valence electrons. The first-order valence-corrected chi connectivity index (χ1v) is 10.9.